The smallest absolute Gasteiger partial charge is 0.240 e. The van der Waals surface area contributed by atoms with Crippen molar-refractivity contribution in [1.82, 2.24) is 15.2 Å². The molecule has 6 heteroatoms. The fourth-order valence-corrected chi connectivity index (χ4v) is 2.54. The van der Waals surface area contributed by atoms with E-state index >= 15 is 0 Å². The molecule has 0 aliphatic carbocycles. The summed E-state index contributed by atoms with van der Waals surface area (Å²) in [6.45, 7) is 6.31. The minimum Gasteiger partial charge on any atom is -0.315 e. The van der Waals surface area contributed by atoms with Gasteiger partial charge in [0.25, 0.3) is 0 Å². The average Bonchev–Trinajstić information content (AvgIpc) is 2.53. The lowest BCUT2D eigenvalue weighted by molar-refractivity contribution is -0.117. The van der Waals surface area contributed by atoms with Gasteiger partial charge in [-0.05, 0) is 26.4 Å². The summed E-state index contributed by atoms with van der Waals surface area (Å²) in [4.78, 5) is 18.2. The highest BCUT2D eigenvalue weighted by Crippen LogP contribution is 2.14. The van der Waals surface area contributed by atoms with E-state index in [-0.39, 0.29) is 5.91 Å². The zero-order valence-electron chi connectivity index (χ0n) is 10.0. The van der Waals surface area contributed by atoms with Crippen LogP contribution in [0.25, 0.3) is 0 Å². The largest absolute Gasteiger partial charge is 0.315 e. The van der Waals surface area contributed by atoms with Crippen LogP contribution in [-0.2, 0) is 4.79 Å². The van der Waals surface area contributed by atoms with Crippen LogP contribution < -0.4 is 10.6 Å². The number of hydrogen-bond donors (Lipinski definition) is 2. The zero-order valence-corrected chi connectivity index (χ0v) is 10.8. The molecular formula is C11H18N4OS. The number of nitrogens with zero attached hydrogens (tertiary/aromatic N) is 2. The second-order valence-electron chi connectivity index (χ2n) is 4.22. The number of rotatable bonds is 3. The van der Waals surface area contributed by atoms with Crippen LogP contribution in [0, 0.1) is 6.92 Å². The van der Waals surface area contributed by atoms with Crippen LogP contribution in [0.2, 0.25) is 0 Å². The first-order chi connectivity index (χ1) is 8.24. The normalized spacial score (nSPS) is 17.7. The van der Waals surface area contributed by atoms with E-state index in [1.807, 2.05) is 12.3 Å². The lowest BCUT2D eigenvalue weighted by atomic mass is 10.4. The third-order valence-corrected chi connectivity index (χ3v) is 3.54. The fourth-order valence-electron chi connectivity index (χ4n) is 1.83. The van der Waals surface area contributed by atoms with Crippen molar-refractivity contribution in [2.24, 2.45) is 0 Å². The van der Waals surface area contributed by atoms with E-state index in [1.165, 1.54) is 11.3 Å². The Morgan fingerprint density at radius 3 is 3.24 bits per heavy atom. The van der Waals surface area contributed by atoms with Crippen molar-refractivity contribution in [1.29, 1.82) is 0 Å². The molecule has 1 aromatic rings. The summed E-state index contributed by atoms with van der Waals surface area (Å²) >= 11 is 1.47. The molecule has 94 valence electrons. The van der Waals surface area contributed by atoms with E-state index in [2.05, 4.69) is 20.5 Å². The Hall–Kier alpha value is -0.980. The predicted molar refractivity (Wildman–Crippen MR) is 69.4 cm³/mol. The van der Waals surface area contributed by atoms with Crippen LogP contribution in [0.4, 0.5) is 5.13 Å². The Labute approximate surface area is 105 Å². The van der Waals surface area contributed by atoms with Gasteiger partial charge in [-0.1, -0.05) is 0 Å². The standard InChI is InChI=1S/C11H18N4OS/c1-9-8-17-11(13-9)14-10(16)7-15-5-2-3-12-4-6-15/h8,12H,2-7H2,1H3,(H,13,14,16). The SMILES string of the molecule is Cc1csc(NC(=O)CN2CCCNCC2)n1. The van der Waals surface area contributed by atoms with Gasteiger partial charge in [-0.25, -0.2) is 4.98 Å². The van der Waals surface area contributed by atoms with E-state index in [0.717, 1.165) is 38.3 Å². The molecule has 0 bridgehead atoms. The highest BCUT2D eigenvalue weighted by atomic mass is 32.1. The molecule has 1 saturated heterocycles. The minimum absolute atomic E-state index is 0.0289. The Morgan fingerprint density at radius 1 is 1.59 bits per heavy atom. The maximum atomic E-state index is 11.8. The molecule has 1 aromatic heterocycles. The number of thiazole rings is 1. The van der Waals surface area contributed by atoms with Crippen molar-refractivity contribution in [3.63, 3.8) is 0 Å². The second kappa shape index (κ2) is 6.09. The number of nitrogens with one attached hydrogen (secondary N) is 2. The van der Waals surface area contributed by atoms with Crippen molar-refractivity contribution in [2.45, 2.75) is 13.3 Å². The number of hydrogen-bond acceptors (Lipinski definition) is 5. The van der Waals surface area contributed by atoms with Gasteiger partial charge in [-0.3, -0.25) is 9.69 Å². The minimum atomic E-state index is 0.0289. The molecule has 0 radical (unpaired) electrons. The molecule has 5 nitrogen and oxygen atoms in total. The van der Waals surface area contributed by atoms with Gasteiger partial charge < -0.3 is 10.6 Å². The summed E-state index contributed by atoms with van der Waals surface area (Å²) in [5.74, 6) is 0.0289. The number of aryl methyl sites for hydroxylation is 1. The van der Waals surface area contributed by atoms with Gasteiger partial charge in [0.1, 0.15) is 0 Å². The van der Waals surface area contributed by atoms with E-state index in [4.69, 9.17) is 0 Å². The van der Waals surface area contributed by atoms with Crippen LogP contribution in [0.5, 0.6) is 0 Å². The molecule has 0 aromatic carbocycles. The van der Waals surface area contributed by atoms with Crippen molar-refractivity contribution in [3.05, 3.63) is 11.1 Å². The molecular weight excluding hydrogens is 236 g/mol. The monoisotopic (exact) mass is 254 g/mol. The molecule has 1 aliphatic heterocycles. The number of aromatic nitrogens is 1. The van der Waals surface area contributed by atoms with Gasteiger partial charge in [0, 0.05) is 18.5 Å². The lowest BCUT2D eigenvalue weighted by Gasteiger charge is -2.17. The molecule has 0 atom stereocenters. The first-order valence-corrected chi connectivity index (χ1v) is 6.77. The van der Waals surface area contributed by atoms with Crippen LogP contribution >= 0.6 is 11.3 Å². The van der Waals surface area contributed by atoms with Gasteiger partial charge in [0.2, 0.25) is 5.91 Å². The van der Waals surface area contributed by atoms with Gasteiger partial charge in [-0.2, -0.15) is 0 Å². The number of carbonyl (C=O) groups is 1. The average molecular weight is 254 g/mol. The van der Waals surface area contributed by atoms with Crippen molar-refractivity contribution < 1.29 is 4.79 Å². The zero-order chi connectivity index (χ0) is 12.1. The maximum absolute atomic E-state index is 11.8. The fraction of sp³-hybridized carbons (Fsp3) is 0.636. The highest BCUT2D eigenvalue weighted by molar-refractivity contribution is 7.13. The second-order valence-corrected chi connectivity index (χ2v) is 5.08. The third-order valence-electron chi connectivity index (χ3n) is 2.67. The maximum Gasteiger partial charge on any atom is 0.240 e. The molecule has 0 saturated carbocycles. The van der Waals surface area contributed by atoms with Crippen LogP contribution in [0.1, 0.15) is 12.1 Å². The first kappa shape index (κ1) is 12.5. The van der Waals surface area contributed by atoms with Crippen LogP contribution in [0.3, 0.4) is 0 Å². The quantitative estimate of drug-likeness (QED) is 0.833. The summed E-state index contributed by atoms with van der Waals surface area (Å²) in [6.07, 6.45) is 1.10. The summed E-state index contributed by atoms with van der Waals surface area (Å²) in [7, 11) is 0. The first-order valence-electron chi connectivity index (χ1n) is 5.89. The Kier molecular flexibility index (Phi) is 4.47. The van der Waals surface area contributed by atoms with Crippen molar-refractivity contribution >= 4 is 22.4 Å². The molecule has 2 N–H and O–H groups in total. The molecule has 17 heavy (non-hydrogen) atoms. The lowest BCUT2D eigenvalue weighted by Crippen LogP contribution is -2.35. The summed E-state index contributed by atoms with van der Waals surface area (Å²) in [5, 5.41) is 8.79. The molecule has 2 rings (SSSR count). The van der Waals surface area contributed by atoms with Gasteiger partial charge in [0.05, 0.1) is 12.2 Å². The summed E-state index contributed by atoms with van der Waals surface area (Å²) < 4.78 is 0. The van der Waals surface area contributed by atoms with Crippen LogP contribution in [-0.4, -0.2) is 48.5 Å². The van der Waals surface area contributed by atoms with Gasteiger partial charge in [0.15, 0.2) is 5.13 Å². The molecule has 1 amide bonds. The van der Waals surface area contributed by atoms with Crippen molar-refractivity contribution in [3.8, 4) is 0 Å². The highest BCUT2D eigenvalue weighted by Gasteiger charge is 2.13. The van der Waals surface area contributed by atoms with Crippen molar-refractivity contribution in [2.75, 3.05) is 38.0 Å². The van der Waals surface area contributed by atoms with E-state index < -0.39 is 0 Å². The summed E-state index contributed by atoms with van der Waals surface area (Å²) in [6, 6.07) is 0. The third kappa shape index (κ3) is 4.07. The van der Waals surface area contributed by atoms with E-state index in [9.17, 15) is 4.79 Å². The topological polar surface area (TPSA) is 57.3 Å². The number of anilines is 1. The molecule has 1 aliphatic rings. The van der Waals surface area contributed by atoms with Gasteiger partial charge >= 0.3 is 0 Å². The molecule has 0 spiro atoms. The number of carbonyl (C=O) groups excluding carboxylic acids is 1. The van der Waals surface area contributed by atoms with E-state index in [1.54, 1.807) is 0 Å². The molecule has 0 unspecified atom stereocenters. The molecule has 1 fully saturated rings. The number of amides is 1. The Bertz CT molecular complexity index is 371. The van der Waals surface area contributed by atoms with Gasteiger partial charge in [-0.15, -0.1) is 11.3 Å². The van der Waals surface area contributed by atoms with Crippen LogP contribution in [0.15, 0.2) is 5.38 Å². The Morgan fingerprint density at radius 2 is 2.47 bits per heavy atom. The molecule has 2 heterocycles. The van der Waals surface area contributed by atoms with E-state index in [0.29, 0.717) is 11.7 Å². The Balaban J connectivity index is 1.80. The summed E-state index contributed by atoms with van der Waals surface area (Å²) in [5.41, 5.74) is 0.948. The predicted octanol–water partition coefficient (Wildman–Crippen LogP) is 0.685.